The van der Waals surface area contributed by atoms with E-state index in [2.05, 4.69) is 23.1 Å². The fourth-order valence-electron chi connectivity index (χ4n) is 0.827. The van der Waals surface area contributed by atoms with E-state index in [0.29, 0.717) is 0 Å². The highest BCUT2D eigenvalue weighted by Crippen LogP contribution is 1.97. The quantitative estimate of drug-likeness (QED) is 0.702. The van der Waals surface area contributed by atoms with Crippen LogP contribution in [-0.2, 0) is 0 Å². The van der Waals surface area contributed by atoms with Crippen molar-refractivity contribution in [1.82, 2.24) is 4.37 Å². The molecule has 1 aromatic heterocycles. The molecule has 0 aromatic carbocycles. The Labute approximate surface area is 77.0 Å². The van der Waals surface area contributed by atoms with E-state index in [9.17, 15) is 0 Å². The molecule has 1 atom stereocenters. The molecule has 0 fully saturated rings. The van der Waals surface area contributed by atoms with Crippen molar-refractivity contribution < 1.29 is 0 Å². The first-order valence-corrected chi connectivity index (χ1v) is 4.84. The van der Waals surface area contributed by atoms with Crippen molar-refractivity contribution in [3.05, 3.63) is 17.1 Å². The molecule has 0 radical (unpaired) electrons. The third-order valence-electron chi connectivity index (χ3n) is 1.42. The van der Waals surface area contributed by atoms with Crippen molar-refractivity contribution in [3.8, 4) is 11.8 Å². The Morgan fingerprint density at radius 3 is 3.17 bits per heavy atom. The lowest BCUT2D eigenvalue weighted by Gasteiger charge is -1.97. The zero-order valence-electron chi connectivity index (χ0n) is 7.08. The predicted octanol–water partition coefficient (Wildman–Crippen LogP) is 1.62. The van der Waals surface area contributed by atoms with Crippen molar-refractivity contribution in [2.24, 2.45) is 5.73 Å². The van der Waals surface area contributed by atoms with E-state index in [1.165, 1.54) is 11.5 Å². The van der Waals surface area contributed by atoms with Crippen LogP contribution in [0.15, 0.2) is 11.4 Å². The van der Waals surface area contributed by atoms with Crippen LogP contribution in [0.3, 0.4) is 0 Å². The molecular weight excluding hydrogens is 168 g/mol. The van der Waals surface area contributed by atoms with Gasteiger partial charge in [0, 0.05) is 5.38 Å². The molecule has 0 amide bonds. The Kier molecular flexibility index (Phi) is 3.78. The average molecular weight is 180 g/mol. The molecule has 0 saturated heterocycles. The van der Waals surface area contributed by atoms with Crippen LogP contribution in [0.4, 0.5) is 0 Å². The van der Waals surface area contributed by atoms with Gasteiger partial charge >= 0.3 is 0 Å². The van der Waals surface area contributed by atoms with Crippen LogP contribution in [0.25, 0.3) is 0 Å². The minimum absolute atomic E-state index is 0.00306. The van der Waals surface area contributed by atoms with Crippen LogP contribution in [0.2, 0.25) is 0 Å². The number of hydrogen-bond donors (Lipinski definition) is 1. The summed E-state index contributed by atoms with van der Waals surface area (Å²) in [5.74, 6) is 5.89. The lowest BCUT2D eigenvalue weighted by atomic mass is 10.2. The number of rotatable bonds is 2. The maximum Gasteiger partial charge on any atom is 0.127 e. The average Bonchev–Trinajstić information content (AvgIpc) is 2.53. The number of nitrogens with two attached hydrogens (primary N) is 1. The van der Waals surface area contributed by atoms with E-state index in [1.807, 2.05) is 11.4 Å². The molecule has 1 unspecified atom stereocenters. The van der Waals surface area contributed by atoms with E-state index in [1.54, 1.807) is 0 Å². The molecular formula is C9H12N2S. The van der Waals surface area contributed by atoms with Gasteiger partial charge in [0.25, 0.3) is 0 Å². The number of aromatic nitrogens is 1. The summed E-state index contributed by atoms with van der Waals surface area (Å²) >= 11 is 1.41. The topological polar surface area (TPSA) is 38.9 Å². The second kappa shape index (κ2) is 4.91. The molecule has 3 heteroatoms. The Balaban J connectivity index is 2.48. The van der Waals surface area contributed by atoms with Gasteiger partial charge in [-0.1, -0.05) is 19.3 Å². The van der Waals surface area contributed by atoms with Gasteiger partial charge in [0.05, 0.1) is 6.04 Å². The summed E-state index contributed by atoms with van der Waals surface area (Å²) in [6.45, 7) is 2.10. The summed E-state index contributed by atoms with van der Waals surface area (Å²) in [5.41, 5.74) is 6.53. The molecule has 12 heavy (non-hydrogen) atoms. The summed E-state index contributed by atoms with van der Waals surface area (Å²) in [5, 5.41) is 1.91. The van der Waals surface area contributed by atoms with E-state index in [4.69, 9.17) is 5.73 Å². The van der Waals surface area contributed by atoms with Crippen LogP contribution in [-0.4, -0.2) is 10.4 Å². The number of hydrogen-bond acceptors (Lipinski definition) is 3. The Hall–Kier alpha value is -0.850. The summed E-state index contributed by atoms with van der Waals surface area (Å²) < 4.78 is 4.06. The Morgan fingerprint density at radius 2 is 2.58 bits per heavy atom. The SMILES string of the molecule is CCCC(N)C#Cc1ccsn1. The van der Waals surface area contributed by atoms with Crippen LogP contribution in [0.5, 0.6) is 0 Å². The molecule has 1 rings (SSSR count). The normalized spacial score (nSPS) is 11.8. The summed E-state index contributed by atoms with van der Waals surface area (Å²) in [6.07, 6.45) is 2.03. The molecule has 0 bridgehead atoms. The fourth-order valence-corrected chi connectivity index (χ4v) is 1.30. The van der Waals surface area contributed by atoms with Crippen molar-refractivity contribution >= 4 is 11.5 Å². The molecule has 0 aliphatic carbocycles. The van der Waals surface area contributed by atoms with Gasteiger partial charge in [0.2, 0.25) is 0 Å². The Morgan fingerprint density at radius 1 is 1.75 bits per heavy atom. The summed E-state index contributed by atoms with van der Waals surface area (Å²) in [6, 6.07) is 1.90. The second-order valence-corrected chi connectivity index (χ2v) is 3.21. The monoisotopic (exact) mass is 180 g/mol. The third-order valence-corrected chi connectivity index (χ3v) is 1.98. The van der Waals surface area contributed by atoms with Crippen LogP contribution in [0.1, 0.15) is 25.5 Å². The molecule has 0 spiro atoms. The highest BCUT2D eigenvalue weighted by atomic mass is 32.1. The lowest BCUT2D eigenvalue weighted by Crippen LogP contribution is -2.16. The largest absolute Gasteiger partial charge is 0.318 e. The van der Waals surface area contributed by atoms with E-state index >= 15 is 0 Å². The molecule has 1 heterocycles. The van der Waals surface area contributed by atoms with Crippen molar-refractivity contribution in [2.75, 3.05) is 0 Å². The van der Waals surface area contributed by atoms with Crippen molar-refractivity contribution in [2.45, 2.75) is 25.8 Å². The first-order chi connectivity index (χ1) is 5.83. The predicted molar refractivity (Wildman–Crippen MR) is 51.9 cm³/mol. The van der Waals surface area contributed by atoms with Gasteiger partial charge in [0.15, 0.2) is 0 Å². The molecule has 64 valence electrons. The first-order valence-electron chi connectivity index (χ1n) is 4.00. The lowest BCUT2D eigenvalue weighted by molar-refractivity contribution is 0.720. The maximum absolute atomic E-state index is 5.70. The maximum atomic E-state index is 5.70. The molecule has 2 nitrogen and oxygen atoms in total. The van der Waals surface area contributed by atoms with Gasteiger partial charge < -0.3 is 5.73 Å². The highest BCUT2D eigenvalue weighted by molar-refractivity contribution is 7.03. The molecule has 0 aliphatic heterocycles. The van der Waals surface area contributed by atoms with Crippen molar-refractivity contribution in [3.63, 3.8) is 0 Å². The van der Waals surface area contributed by atoms with E-state index < -0.39 is 0 Å². The third kappa shape index (κ3) is 3.04. The van der Waals surface area contributed by atoms with Gasteiger partial charge in [-0.25, -0.2) is 0 Å². The Bertz CT molecular complexity index is 268. The van der Waals surface area contributed by atoms with Gasteiger partial charge in [0.1, 0.15) is 5.69 Å². The summed E-state index contributed by atoms with van der Waals surface area (Å²) in [7, 11) is 0. The minimum Gasteiger partial charge on any atom is -0.318 e. The molecule has 1 aromatic rings. The van der Waals surface area contributed by atoms with Gasteiger partial charge in [-0.15, -0.1) is 0 Å². The molecule has 2 N–H and O–H groups in total. The van der Waals surface area contributed by atoms with E-state index in [0.717, 1.165) is 18.5 Å². The molecule has 0 saturated carbocycles. The minimum atomic E-state index is -0.00306. The van der Waals surface area contributed by atoms with Gasteiger partial charge in [-0.2, -0.15) is 4.37 Å². The molecule has 0 aliphatic rings. The van der Waals surface area contributed by atoms with Crippen LogP contribution >= 0.6 is 11.5 Å². The van der Waals surface area contributed by atoms with E-state index in [-0.39, 0.29) is 6.04 Å². The second-order valence-electron chi connectivity index (χ2n) is 2.55. The number of nitrogens with zero attached hydrogens (tertiary/aromatic N) is 1. The van der Waals surface area contributed by atoms with Crippen molar-refractivity contribution in [1.29, 1.82) is 0 Å². The highest BCUT2D eigenvalue weighted by Gasteiger charge is 1.93. The zero-order chi connectivity index (χ0) is 8.81. The van der Waals surface area contributed by atoms with Crippen LogP contribution in [0, 0.1) is 11.8 Å². The van der Waals surface area contributed by atoms with Gasteiger partial charge in [-0.3, -0.25) is 0 Å². The smallest absolute Gasteiger partial charge is 0.127 e. The fraction of sp³-hybridized carbons (Fsp3) is 0.444. The first kappa shape index (κ1) is 9.24. The standard InChI is InChI=1S/C9H12N2S/c1-2-3-8(10)4-5-9-6-7-12-11-9/h6-8H,2-3,10H2,1H3. The summed E-state index contributed by atoms with van der Waals surface area (Å²) in [4.78, 5) is 0. The van der Waals surface area contributed by atoms with Crippen LogP contribution < -0.4 is 5.73 Å². The van der Waals surface area contributed by atoms with Gasteiger partial charge in [-0.05, 0) is 29.9 Å². The zero-order valence-corrected chi connectivity index (χ0v) is 7.90.